The van der Waals surface area contributed by atoms with Crippen molar-refractivity contribution < 1.29 is 0 Å². The van der Waals surface area contributed by atoms with Crippen LogP contribution in [0, 0.1) is 5.41 Å². The first kappa shape index (κ1) is 8.10. The van der Waals surface area contributed by atoms with Gasteiger partial charge in [-0.2, -0.15) is 0 Å². The molecule has 3 heteroatoms. The number of hydrogen-bond donors (Lipinski definition) is 3. The molecule has 1 aliphatic carbocycles. The monoisotopic (exact) mass is 175 g/mol. The van der Waals surface area contributed by atoms with Crippen molar-refractivity contribution in [2.24, 2.45) is 0 Å². The van der Waals surface area contributed by atoms with Crippen molar-refractivity contribution in [1.29, 1.82) is 5.41 Å². The molecule has 68 valence electrons. The first-order chi connectivity index (χ1) is 6.29. The standard InChI is InChI=1S/C10H13N3/c11-6-7-1-2-8(12)5-10(7)13-9-3-4-9/h1-2,5-6,9,11,13H,3-4,12H2. The minimum Gasteiger partial charge on any atom is -0.399 e. The molecular formula is C10H13N3. The van der Waals surface area contributed by atoms with Crippen LogP contribution in [0.2, 0.25) is 0 Å². The highest BCUT2D eigenvalue weighted by Crippen LogP contribution is 2.27. The molecule has 0 radical (unpaired) electrons. The quantitative estimate of drug-likeness (QED) is 0.485. The van der Waals surface area contributed by atoms with Gasteiger partial charge in [0.05, 0.1) is 0 Å². The molecule has 1 aromatic carbocycles. The van der Waals surface area contributed by atoms with E-state index in [1.165, 1.54) is 19.1 Å². The van der Waals surface area contributed by atoms with E-state index >= 15 is 0 Å². The number of hydrogen-bond acceptors (Lipinski definition) is 3. The van der Waals surface area contributed by atoms with E-state index in [4.69, 9.17) is 11.1 Å². The molecule has 0 amide bonds. The molecule has 0 bridgehead atoms. The molecule has 0 spiro atoms. The third-order valence-corrected chi connectivity index (χ3v) is 2.17. The van der Waals surface area contributed by atoms with Gasteiger partial charge in [-0.15, -0.1) is 0 Å². The van der Waals surface area contributed by atoms with E-state index in [1.54, 1.807) is 0 Å². The van der Waals surface area contributed by atoms with Crippen LogP contribution in [0.4, 0.5) is 11.4 Å². The summed E-state index contributed by atoms with van der Waals surface area (Å²) in [6, 6.07) is 6.17. The lowest BCUT2D eigenvalue weighted by Gasteiger charge is -2.08. The van der Waals surface area contributed by atoms with Gasteiger partial charge in [0.1, 0.15) is 0 Å². The fraction of sp³-hybridized carbons (Fsp3) is 0.300. The van der Waals surface area contributed by atoms with E-state index in [1.807, 2.05) is 18.2 Å². The van der Waals surface area contributed by atoms with E-state index < -0.39 is 0 Å². The van der Waals surface area contributed by atoms with Gasteiger partial charge in [0.25, 0.3) is 0 Å². The highest BCUT2D eigenvalue weighted by molar-refractivity contribution is 5.87. The third-order valence-electron chi connectivity index (χ3n) is 2.17. The van der Waals surface area contributed by atoms with E-state index in [0.717, 1.165) is 16.9 Å². The summed E-state index contributed by atoms with van der Waals surface area (Å²) in [5.74, 6) is 0. The molecule has 1 saturated carbocycles. The van der Waals surface area contributed by atoms with Crippen LogP contribution >= 0.6 is 0 Å². The molecule has 0 unspecified atom stereocenters. The maximum absolute atomic E-state index is 7.21. The summed E-state index contributed by atoms with van der Waals surface area (Å²) in [7, 11) is 0. The lowest BCUT2D eigenvalue weighted by Crippen LogP contribution is -2.04. The van der Waals surface area contributed by atoms with Crippen molar-refractivity contribution in [1.82, 2.24) is 0 Å². The van der Waals surface area contributed by atoms with E-state index in [0.29, 0.717) is 6.04 Å². The second-order valence-corrected chi connectivity index (χ2v) is 3.41. The highest BCUT2D eigenvalue weighted by atomic mass is 15.0. The van der Waals surface area contributed by atoms with Crippen LogP contribution in [0.15, 0.2) is 18.2 Å². The van der Waals surface area contributed by atoms with Gasteiger partial charge in [-0.25, -0.2) is 0 Å². The number of nitrogens with one attached hydrogen (secondary N) is 2. The number of anilines is 2. The zero-order chi connectivity index (χ0) is 9.26. The van der Waals surface area contributed by atoms with Crippen molar-refractivity contribution in [3.8, 4) is 0 Å². The third kappa shape index (κ3) is 1.80. The first-order valence-corrected chi connectivity index (χ1v) is 4.46. The van der Waals surface area contributed by atoms with Crippen LogP contribution in [0.3, 0.4) is 0 Å². The van der Waals surface area contributed by atoms with Gasteiger partial charge in [-0.05, 0) is 31.0 Å². The summed E-state index contributed by atoms with van der Waals surface area (Å²) >= 11 is 0. The molecule has 1 fully saturated rings. The Kier molecular flexibility index (Phi) is 1.93. The van der Waals surface area contributed by atoms with Crippen LogP contribution < -0.4 is 11.1 Å². The Morgan fingerprint density at radius 2 is 2.23 bits per heavy atom. The van der Waals surface area contributed by atoms with Gasteiger partial charge in [0.2, 0.25) is 0 Å². The summed E-state index contributed by atoms with van der Waals surface area (Å²) in [6.07, 6.45) is 3.81. The summed E-state index contributed by atoms with van der Waals surface area (Å²) in [5.41, 5.74) is 8.30. The zero-order valence-corrected chi connectivity index (χ0v) is 7.38. The molecule has 3 nitrogen and oxygen atoms in total. The first-order valence-electron chi connectivity index (χ1n) is 4.46. The predicted molar refractivity (Wildman–Crippen MR) is 55.4 cm³/mol. The Morgan fingerprint density at radius 3 is 2.85 bits per heavy atom. The summed E-state index contributed by atoms with van der Waals surface area (Å²) in [5, 5.41) is 10.6. The molecule has 0 aromatic heterocycles. The highest BCUT2D eigenvalue weighted by Gasteiger charge is 2.21. The van der Waals surface area contributed by atoms with Crippen LogP contribution in [-0.4, -0.2) is 12.3 Å². The van der Waals surface area contributed by atoms with Crippen LogP contribution in [0.5, 0.6) is 0 Å². The summed E-state index contributed by atoms with van der Waals surface area (Å²) in [6.45, 7) is 0. The van der Waals surface area contributed by atoms with Crippen molar-refractivity contribution in [3.63, 3.8) is 0 Å². The second kappa shape index (κ2) is 3.09. The molecule has 2 rings (SSSR count). The van der Waals surface area contributed by atoms with E-state index in [-0.39, 0.29) is 0 Å². The zero-order valence-electron chi connectivity index (χ0n) is 7.38. The molecule has 0 saturated heterocycles. The summed E-state index contributed by atoms with van der Waals surface area (Å²) in [4.78, 5) is 0. The van der Waals surface area contributed by atoms with E-state index in [2.05, 4.69) is 5.32 Å². The Balaban J connectivity index is 2.27. The fourth-order valence-corrected chi connectivity index (χ4v) is 1.27. The lowest BCUT2D eigenvalue weighted by atomic mass is 10.1. The predicted octanol–water partition coefficient (Wildman–Crippen LogP) is 1.84. The lowest BCUT2D eigenvalue weighted by molar-refractivity contribution is 1.15. The number of benzene rings is 1. The van der Waals surface area contributed by atoms with Gasteiger partial charge in [-0.3, -0.25) is 0 Å². The average molecular weight is 175 g/mol. The van der Waals surface area contributed by atoms with Crippen molar-refractivity contribution >= 4 is 17.6 Å². The fourth-order valence-electron chi connectivity index (χ4n) is 1.27. The average Bonchev–Trinajstić information content (AvgIpc) is 2.89. The summed E-state index contributed by atoms with van der Waals surface area (Å²) < 4.78 is 0. The molecule has 0 heterocycles. The normalized spacial score (nSPS) is 15.4. The van der Waals surface area contributed by atoms with E-state index in [9.17, 15) is 0 Å². The smallest absolute Gasteiger partial charge is 0.0451 e. The largest absolute Gasteiger partial charge is 0.399 e. The Labute approximate surface area is 77.5 Å². The van der Waals surface area contributed by atoms with Crippen molar-refractivity contribution in [3.05, 3.63) is 23.8 Å². The maximum Gasteiger partial charge on any atom is 0.0451 e. The Morgan fingerprint density at radius 1 is 1.46 bits per heavy atom. The van der Waals surface area contributed by atoms with Gasteiger partial charge < -0.3 is 16.5 Å². The number of nitrogen functional groups attached to an aromatic ring is 1. The van der Waals surface area contributed by atoms with Gasteiger partial charge >= 0.3 is 0 Å². The SMILES string of the molecule is N=Cc1ccc(N)cc1NC1CC1. The molecule has 0 atom stereocenters. The molecule has 13 heavy (non-hydrogen) atoms. The Bertz CT molecular complexity index is 329. The van der Waals surface area contributed by atoms with Crippen molar-refractivity contribution in [2.45, 2.75) is 18.9 Å². The molecular weight excluding hydrogens is 162 g/mol. The van der Waals surface area contributed by atoms with Crippen LogP contribution in [0.25, 0.3) is 0 Å². The topological polar surface area (TPSA) is 61.9 Å². The van der Waals surface area contributed by atoms with Gasteiger partial charge in [0.15, 0.2) is 0 Å². The molecule has 4 N–H and O–H groups in total. The van der Waals surface area contributed by atoms with Crippen LogP contribution in [0.1, 0.15) is 18.4 Å². The maximum atomic E-state index is 7.21. The molecule has 1 aromatic rings. The minimum absolute atomic E-state index is 0.598. The van der Waals surface area contributed by atoms with Crippen LogP contribution in [-0.2, 0) is 0 Å². The Hall–Kier alpha value is -1.51. The second-order valence-electron chi connectivity index (χ2n) is 3.41. The van der Waals surface area contributed by atoms with Gasteiger partial charge in [0, 0.05) is 29.2 Å². The number of rotatable bonds is 3. The van der Waals surface area contributed by atoms with Gasteiger partial charge in [-0.1, -0.05) is 0 Å². The van der Waals surface area contributed by atoms with Crippen molar-refractivity contribution in [2.75, 3.05) is 11.1 Å². The minimum atomic E-state index is 0.598. The number of nitrogens with two attached hydrogens (primary N) is 1. The molecule has 0 aliphatic heterocycles. The molecule has 1 aliphatic rings.